The third kappa shape index (κ3) is 2.06. The lowest BCUT2D eigenvalue weighted by Gasteiger charge is -2.11. The van der Waals surface area contributed by atoms with Crippen molar-refractivity contribution >= 4 is 11.5 Å². The number of anilines is 1. The summed E-state index contributed by atoms with van der Waals surface area (Å²) in [6.07, 6.45) is 2.16. The van der Waals surface area contributed by atoms with Crippen LogP contribution >= 0.6 is 0 Å². The number of nitrogen functional groups attached to an aromatic ring is 1. The summed E-state index contributed by atoms with van der Waals surface area (Å²) in [4.78, 5) is 10.3. The number of hydrogen-bond acceptors (Lipinski definition) is 5. The third-order valence-corrected chi connectivity index (χ3v) is 2.77. The fraction of sp³-hybridized carbons (Fsp3) is 0.364. The molecule has 0 saturated heterocycles. The molecular weight excluding hydrogens is 236 g/mol. The second-order valence-electron chi connectivity index (χ2n) is 4.15. The van der Waals surface area contributed by atoms with Crippen LogP contribution in [0.15, 0.2) is 22.8 Å². The molecule has 0 radical (unpaired) electrons. The molecule has 0 saturated carbocycles. The molecule has 0 bridgehead atoms. The maximum atomic E-state index is 10.8. The Labute approximate surface area is 103 Å². The zero-order chi connectivity index (χ0) is 13.3. The van der Waals surface area contributed by atoms with Crippen LogP contribution in [-0.2, 0) is 6.42 Å². The van der Waals surface area contributed by atoms with Gasteiger partial charge in [0, 0.05) is 6.42 Å². The summed E-state index contributed by atoms with van der Waals surface area (Å²) < 4.78 is 6.70. The first-order valence-corrected chi connectivity index (χ1v) is 5.52. The van der Waals surface area contributed by atoms with E-state index in [1.54, 1.807) is 19.3 Å². The highest BCUT2D eigenvalue weighted by molar-refractivity contribution is 5.56. The molecule has 0 aliphatic heterocycles. The second-order valence-corrected chi connectivity index (χ2v) is 4.15. The molecule has 0 aliphatic carbocycles. The van der Waals surface area contributed by atoms with Gasteiger partial charge in [-0.1, -0.05) is 0 Å². The van der Waals surface area contributed by atoms with Crippen molar-refractivity contribution in [2.24, 2.45) is 0 Å². The minimum absolute atomic E-state index is 0.0801. The van der Waals surface area contributed by atoms with Crippen LogP contribution in [0.25, 0.3) is 0 Å². The van der Waals surface area contributed by atoms with Crippen LogP contribution in [0.5, 0.6) is 0 Å². The molecule has 2 aromatic heterocycles. The molecule has 1 atom stereocenters. The Kier molecular flexibility index (Phi) is 3.05. The number of rotatable bonds is 4. The Balaban J connectivity index is 2.28. The van der Waals surface area contributed by atoms with Gasteiger partial charge in [-0.25, -0.2) is 4.68 Å². The lowest BCUT2D eigenvalue weighted by atomic mass is 10.2. The average Bonchev–Trinajstić information content (AvgIpc) is 2.86. The lowest BCUT2D eigenvalue weighted by Crippen LogP contribution is -2.12. The molecule has 1 unspecified atom stereocenters. The predicted molar refractivity (Wildman–Crippen MR) is 65.2 cm³/mol. The smallest absolute Gasteiger partial charge is 0.333 e. The highest BCUT2D eigenvalue weighted by Crippen LogP contribution is 2.28. The molecule has 0 spiro atoms. The Morgan fingerprint density at radius 2 is 2.39 bits per heavy atom. The van der Waals surface area contributed by atoms with Crippen LogP contribution in [0, 0.1) is 17.0 Å². The van der Waals surface area contributed by atoms with E-state index in [4.69, 9.17) is 10.2 Å². The number of hydrogen-bond donors (Lipinski definition) is 1. The van der Waals surface area contributed by atoms with E-state index >= 15 is 0 Å². The van der Waals surface area contributed by atoms with E-state index in [9.17, 15) is 10.1 Å². The van der Waals surface area contributed by atoms with Crippen LogP contribution in [0.4, 0.5) is 11.5 Å². The summed E-state index contributed by atoms with van der Waals surface area (Å²) in [6, 6.07) is 3.53. The maximum Gasteiger partial charge on any atom is 0.333 e. The van der Waals surface area contributed by atoms with Gasteiger partial charge in [-0.3, -0.25) is 10.1 Å². The summed E-state index contributed by atoms with van der Waals surface area (Å²) >= 11 is 0. The van der Waals surface area contributed by atoms with Gasteiger partial charge in [0.05, 0.1) is 17.2 Å². The molecule has 2 N–H and O–H groups in total. The van der Waals surface area contributed by atoms with Crippen LogP contribution in [0.3, 0.4) is 0 Å². The van der Waals surface area contributed by atoms with Crippen molar-refractivity contribution in [3.05, 3.63) is 40.0 Å². The highest BCUT2D eigenvalue weighted by Gasteiger charge is 2.25. The fourth-order valence-corrected chi connectivity index (χ4v) is 1.92. The SMILES string of the molecule is Cc1nn(C(C)Cc2ccco2)c(N)c1[N+](=O)[O-]. The molecule has 0 aliphatic rings. The Hall–Kier alpha value is -2.31. The van der Waals surface area contributed by atoms with E-state index in [0.717, 1.165) is 5.76 Å². The van der Waals surface area contributed by atoms with Crippen LogP contribution in [0.1, 0.15) is 24.4 Å². The summed E-state index contributed by atoms with van der Waals surface area (Å²) in [5, 5.41) is 15.0. The standard InChI is InChI=1S/C11H14N4O3/c1-7(6-9-4-3-5-18-9)14-11(12)10(15(16)17)8(2)13-14/h3-5,7H,6,12H2,1-2H3. The molecule has 0 amide bonds. The van der Waals surface area contributed by atoms with E-state index in [1.807, 2.05) is 13.0 Å². The second kappa shape index (κ2) is 4.52. The van der Waals surface area contributed by atoms with Crippen LogP contribution in [-0.4, -0.2) is 14.7 Å². The summed E-state index contributed by atoms with van der Waals surface area (Å²) in [5.74, 6) is 0.870. The predicted octanol–water partition coefficient (Wildman–Crippen LogP) is 2.08. The number of aromatic nitrogens is 2. The van der Waals surface area contributed by atoms with Gasteiger partial charge in [0.15, 0.2) is 0 Å². The zero-order valence-electron chi connectivity index (χ0n) is 10.2. The van der Waals surface area contributed by atoms with E-state index in [1.165, 1.54) is 4.68 Å². The first kappa shape index (κ1) is 12.2. The van der Waals surface area contributed by atoms with Gasteiger partial charge in [0.25, 0.3) is 0 Å². The summed E-state index contributed by atoms with van der Waals surface area (Å²) in [5.41, 5.74) is 5.96. The van der Waals surface area contributed by atoms with Gasteiger partial charge in [-0.15, -0.1) is 0 Å². The number of nitrogens with two attached hydrogens (primary N) is 1. The molecule has 7 nitrogen and oxygen atoms in total. The van der Waals surface area contributed by atoms with Gasteiger partial charge in [-0.2, -0.15) is 5.10 Å². The molecule has 0 aromatic carbocycles. The van der Waals surface area contributed by atoms with E-state index < -0.39 is 4.92 Å². The van der Waals surface area contributed by atoms with E-state index in [2.05, 4.69) is 5.10 Å². The number of aryl methyl sites for hydroxylation is 1. The quantitative estimate of drug-likeness (QED) is 0.661. The molecule has 96 valence electrons. The zero-order valence-corrected chi connectivity index (χ0v) is 10.2. The van der Waals surface area contributed by atoms with E-state index in [0.29, 0.717) is 12.1 Å². The Morgan fingerprint density at radius 3 is 2.89 bits per heavy atom. The minimum atomic E-state index is -0.506. The first-order chi connectivity index (χ1) is 8.50. The number of nitro groups is 1. The van der Waals surface area contributed by atoms with Gasteiger partial charge < -0.3 is 10.2 Å². The van der Waals surface area contributed by atoms with Crippen molar-refractivity contribution < 1.29 is 9.34 Å². The van der Waals surface area contributed by atoms with Gasteiger partial charge in [0.2, 0.25) is 5.82 Å². The third-order valence-electron chi connectivity index (χ3n) is 2.77. The number of nitrogens with zero attached hydrogens (tertiary/aromatic N) is 3. The molecule has 2 rings (SSSR count). The molecular formula is C11H14N4O3. The first-order valence-electron chi connectivity index (χ1n) is 5.52. The van der Waals surface area contributed by atoms with E-state index in [-0.39, 0.29) is 17.5 Å². The monoisotopic (exact) mass is 250 g/mol. The van der Waals surface area contributed by atoms with Gasteiger partial charge in [0.1, 0.15) is 11.5 Å². The number of furan rings is 1. The molecule has 7 heteroatoms. The van der Waals surface area contributed by atoms with Crippen molar-refractivity contribution in [3.63, 3.8) is 0 Å². The van der Waals surface area contributed by atoms with Crippen molar-refractivity contribution in [2.45, 2.75) is 26.3 Å². The van der Waals surface area contributed by atoms with Gasteiger partial charge >= 0.3 is 5.69 Å². The Bertz CT molecular complexity index is 559. The molecule has 2 heterocycles. The van der Waals surface area contributed by atoms with Crippen molar-refractivity contribution in [1.29, 1.82) is 0 Å². The average molecular weight is 250 g/mol. The summed E-state index contributed by atoms with van der Waals surface area (Å²) in [7, 11) is 0. The van der Waals surface area contributed by atoms with Gasteiger partial charge in [-0.05, 0) is 26.0 Å². The highest BCUT2D eigenvalue weighted by atomic mass is 16.6. The maximum absolute atomic E-state index is 10.8. The van der Waals surface area contributed by atoms with Crippen molar-refractivity contribution in [3.8, 4) is 0 Å². The topological polar surface area (TPSA) is 100 Å². The van der Waals surface area contributed by atoms with Crippen molar-refractivity contribution in [2.75, 3.05) is 5.73 Å². The van der Waals surface area contributed by atoms with Crippen LogP contribution in [0.2, 0.25) is 0 Å². The molecule has 18 heavy (non-hydrogen) atoms. The minimum Gasteiger partial charge on any atom is -0.469 e. The molecule has 2 aromatic rings. The van der Waals surface area contributed by atoms with Crippen LogP contribution < -0.4 is 5.73 Å². The van der Waals surface area contributed by atoms with Crippen molar-refractivity contribution in [1.82, 2.24) is 9.78 Å². The normalized spacial score (nSPS) is 12.6. The Morgan fingerprint density at radius 1 is 1.67 bits per heavy atom. The molecule has 0 fully saturated rings. The lowest BCUT2D eigenvalue weighted by molar-refractivity contribution is -0.384. The fourth-order valence-electron chi connectivity index (χ4n) is 1.92. The summed E-state index contributed by atoms with van der Waals surface area (Å²) in [6.45, 7) is 3.46. The largest absolute Gasteiger partial charge is 0.469 e.